The van der Waals surface area contributed by atoms with Gasteiger partial charge < -0.3 is 0 Å². The zero-order valence-corrected chi connectivity index (χ0v) is 7.98. The van der Waals surface area contributed by atoms with Crippen molar-refractivity contribution < 1.29 is 0 Å². The molecule has 0 aliphatic carbocycles. The molecule has 0 aromatic rings. The van der Waals surface area contributed by atoms with Gasteiger partial charge in [0.2, 0.25) is 0 Å². The summed E-state index contributed by atoms with van der Waals surface area (Å²) < 4.78 is 0. The largest absolute Gasteiger partial charge is 0.0776 e. The smallest absolute Gasteiger partial charge is 0.0471 e. The molecular weight excluding hydrogens is 168 g/mol. The Morgan fingerprint density at radius 3 is 0.929 bits per heavy atom. The molecule has 0 spiro atoms. The van der Waals surface area contributed by atoms with Crippen LogP contribution in [0, 0.1) is 11.8 Å². The molecule has 0 fully saturated rings. The highest BCUT2D eigenvalue weighted by molar-refractivity contribution is 4.49. The van der Waals surface area contributed by atoms with Crippen molar-refractivity contribution in [2.24, 2.45) is 11.8 Å². The fraction of sp³-hybridized carbons (Fsp3) is 1.00. The lowest BCUT2D eigenvalue weighted by molar-refractivity contribution is 0.483. The molecule has 0 unspecified atom stereocenters. The molecule has 0 nitrogen and oxygen atoms in total. The number of hydrogen-bond acceptors (Lipinski definition) is 0. The van der Waals surface area contributed by atoms with Crippen LogP contribution in [-0.2, 0) is 0 Å². The quantitative estimate of drug-likeness (QED) is 0.456. The van der Waals surface area contributed by atoms with Crippen molar-refractivity contribution in [3.63, 3.8) is 0 Å². The normalized spacial score (nSPS) is 8.14. The van der Waals surface area contributed by atoms with Crippen LogP contribution in [0.3, 0.4) is 0 Å². The molecule has 14 heavy (non-hydrogen) atoms. The summed E-state index contributed by atoms with van der Waals surface area (Å²) in [6.07, 6.45) is 5.67. The van der Waals surface area contributed by atoms with Gasteiger partial charge in [-0.15, -0.1) is 0 Å². The van der Waals surface area contributed by atoms with Crippen molar-refractivity contribution in [2.45, 2.75) is 83.1 Å². The fourth-order valence-electron chi connectivity index (χ4n) is 1.11. The van der Waals surface area contributed by atoms with Gasteiger partial charge in [0.15, 0.2) is 0 Å². The topological polar surface area (TPSA) is 0 Å². The van der Waals surface area contributed by atoms with Gasteiger partial charge in [0, 0.05) is 0 Å². The van der Waals surface area contributed by atoms with Crippen LogP contribution in [0.2, 0.25) is 0 Å². The minimum absolute atomic E-state index is 0. The molecule has 0 radical (unpaired) electrons. The Hall–Kier alpha value is 0. The van der Waals surface area contributed by atoms with Crippen LogP contribution in [0.1, 0.15) is 83.1 Å². The molecule has 94 valence electrons. The first kappa shape index (κ1) is 29.2. The van der Waals surface area contributed by atoms with Gasteiger partial charge in [0.05, 0.1) is 0 Å². The molecule has 0 aromatic heterocycles. The molecule has 0 aromatic carbocycles. The Morgan fingerprint density at radius 2 is 0.786 bits per heavy atom. The Morgan fingerprint density at radius 1 is 0.571 bits per heavy atom. The van der Waals surface area contributed by atoms with Crippen LogP contribution in [0.5, 0.6) is 0 Å². The summed E-state index contributed by atoms with van der Waals surface area (Å²) in [6, 6.07) is 0. The highest BCUT2D eigenvalue weighted by atomic mass is 14.0. The Kier molecular flexibility index (Phi) is 39.1. The Balaban J connectivity index is -0.0000000675. The number of hydrogen-bond donors (Lipinski definition) is 0. The standard InChI is InChI=1S/C10H22.4CH4/c1-9(2)7-5-6-8-10(3)4;;;;/h9-10H,5-8H2,1-4H3;4*1H4. The van der Waals surface area contributed by atoms with Gasteiger partial charge in [0.1, 0.15) is 0 Å². The van der Waals surface area contributed by atoms with Gasteiger partial charge in [-0.1, -0.05) is 83.1 Å². The first-order valence-electron chi connectivity index (χ1n) is 4.63. The van der Waals surface area contributed by atoms with Crippen LogP contribution < -0.4 is 0 Å². The summed E-state index contributed by atoms with van der Waals surface area (Å²) in [5.41, 5.74) is 0. The first-order valence-corrected chi connectivity index (χ1v) is 4.63. The number of rotatable bonds is 5. The zero-order valence-electron chi connectivity index (χ0n) is 7.98. The van der Waals surface area contributed by atoms with Crippen LogP contribution in [-0.4, -0.2) is 0 Å². The second kappa shape index (κ2) is 18.7. The molecule has 0 atom stereocenters. The van der Waals surface area contributed by atoms with Gasteiger partial charge in [-0.25, -0.2) is 0 Å². The van der Waals surface area contributed by atoms with E-state index in [9.17, 15) is 0 Å². The van der Waals surface area contributed by atoms with Gasteiger partial charge in [-0.3, -0.25) is 0 Å². The highest BCUT2D eigenvalue weighted by Crippen LogP contribution is 2.11. The molecule has 0 heterocycles. The second-order valence-corrected chi connectivity index (χ2v) is 4.07. The number of unbranched alkanes of at least 4 members (excludes halogenated alkanes) is 1. The van der Waals surface area contributed by atoms with Crippen molar-refractivity contribution in [1.29, 1.82) is 0 Å². The lowest BCUT2D eigenvalue weighted by atomic mass is 10.0. The van der Waals surface area contributed by atoms with Crippen LogP contribution in [0.25, 0.3) is 0 Å². The second-order valence-electron chi connectivity index (χ2n) is 4.07. The SMILES string of the molecule is C.C.C.C.CC(C)CCCCC(C)C. The third-order valence-corrected chi connectivity index (χ3v) is 1.81. The first-order chi connectivity index (χ1) is 4.63. The minimum Gasteiger partial charge on any atom is -0.0776 e. The maximum atomic E-state index is 2.30. The Bertz CT molecular complexity index is 52.4. The van der Waals surface area contributed by atoms with Gasteiger partial charge in [0.25, 0.3) is 0 Å². The lowest BCUT2D eigenvalue weighted by Gasteiger charge is -2.05. The average Bonchev–Trinajstić information content (AvgIpc) is 1.79. The predicted molar refractivity (Wildman–Crippen MR) is 75.1 cm³/mol. The van der Waals surface area contributed by atoms with E-state index in [0.29, 0.717) is 0 Å². The van der Waals surface area contributed by atoms with Crippen LogP contribution in [0.15, 0.2) is 0 Å². The maximum Gasteiger partial charge on any atom is -0.0471 e. The van der Waals surface area contributed by atoms with Crippen LogP contribution in [0.4, 0.5) is 0 Å². The molecule has 0 bridgehead atoms. The predicted octanol–water partition coefficient (Wildman–Crippen LogP) is 6.40. The van der Waals surface area contributed by atoms with Gasteiger partial charge >= 0.3 is 0 Å². The molecule has 0 saturated heterocycles. The van der Waals surface area contributed by atoms with Crippen LogP contribution >= 0.6 is 0 Å². The van der Waals surface area contributed by atoms with E-state index < -0.39 is 0 Å². The highest BCUT2D eigenvalue weighted by Gasteiger charge is 1.95. The minimum atomic E-state index is 0. The molecule has 0 N–H and O–H groups in total. The third kappa shape index (κ3) is 29.6. The van der Waals surface area contributed by atoms with E-state index in [1.807, 2.05) is 0 Å². The van der Waals surface area contributed by atoms with Crippen molar-refractivity contribution in [3.05, 3.63) is 0 Å². The molecule has 0 saturated carbocycles. The molecule has 0 heteroatoms. The Labute approximate surface area is 95.5 Å². The van der Waals surface area contributed by atoms with E-state index in [2.05, 4.69) is 27.7 Å². The zero-order chi connectivity index (χ0) is 7.98. The molecular formula is C14H38. The van der Waals surface area contributed by atoms with E-state index in [-0.39, 0.29) is 29.7 Å². The summed E-state index contributed by atoms with van der Waals surface area (Å²) in [5, 5.41) is 0. The molecule has 0 rings (SSSR count). The summed E-state index contributed by atoms with van der Waals surface area (Å²) >= 11 is 0. The van der Waals surface area contributed by atoms with E-state index in [1.54, 1.807) is 0 Å². The van der Waals surface area contributed by atoms with Crippen molar-refractivity contribution in [2.75, 3.05) is 0 Å². The van der Waals surface area contributed by atoms with E-state index in [4.69, 9.17) is 0 Å². The van der Waals surface area contributed by atoms with Crippen molar-refractivity contribution in [3.8, 4) is 0 Å². The van der Waals surface area contributed by atoms with E-state index in [1.165, 1.54) is 25.7 Å². The average molecular weight is 206 g/mol. The van der Waals surface area contributed by atoms with Gasteiger partial charge in [-0.05, 0) is 11.8 Å². The molecule has 0 amide bonds. The monoisotopic (exact) mass is 206 g/mol. The summed E-state index contributed by atoms with van der Waals surface area (Å²) in [6.45, 7) is 9.20. The fourth-order valence-corrected chi connectivity index (χ4v) is 1.11. The summed E-state index contributed by atoms with van der Waals surface area (Å²) in [7, 11) is 0. The van der Waals surface area contributed by atoms with Crippen molar-refractivity contribution in [1.82, 2.24) is 0 Å². The maximum absolute atomic E-state index is 2.30. The van der Waals surface area contributed by atoms with Crippen molar-refractivity contribution >= 4 is 0 Å². The van der Waals surface area contributed by atoms with E-state index in [0.717, 1.165) is 11.8 Å². The lowest BCUT2D eigenvalue weighted by Crippen LogP contribution is -1.90. The van der Waals surface area contributed by atoms with E-state index >= 15 is 0 Å². The molecule has 0 aliphatic rings. The summed E-state index contributed by atoms with van der Waals surface area (Å²) in [5.74, 6) is 1.79. The molecule has 0 aliphatic heterocycles. The summed E-state index contributed by atoms with van der Waals surface area (Å²) in [4.78, 5) is 0. The van der Waals surface area contributed by atoms with Gasteiger partial charge in [-0.2, -0.15) is 0 Å². The third-order valence-electron chi connectivity index (χ3n) is 1.81.